The number of nitrogens with zero attached hydrogens (tertiary/aromatic N) is 1. The van der Waals surface area contributed by atoms with E-state index in [0.29, 0.717) is 11.1 Å². The fourth-order valence-corrected chi connectivity index (χ4v) is 3.92. The molecule has 0 fully saturated rings. The molecule has 3 aromatic rings. The summed E-state index contributed by atoms with van der Waals surface area (Å²) in [7, 11) is -4.05. The van der Waals surface area contributed by atoms with Crippen molar-refractivity contribution in [3.8, 4) is 5.75 Å². The molecule has 7 nitrogen and oxygen atoms in total. The van der Waals surface area contributed by atoms with Gasteiger partial charge in [-0.05, 0) is 61.1 Å². The van der Waals surface area contributed by atoms with Crippen LogP contribution in [0, 0.1) is 17.0 Å². The number of nitro benzene ring substituents is 1. The molecule has 0 amide bonds. The molecule has 3 rings (SSSR count). The number of benzene rings is 3. The quantitative estimate of drug-likeness (QED) is 0.178. The number of carbonyl (C=O) groups is 1. The molecule has 0 heterocycles. The van der Waals surface area contributed by atoms with Gasteiger partial charge in [0.25, 0.3) is 5.69 Å². The van der Waals surface area contributed by atoms with E-state index in [9.17, 15) is 23.3 Å². The highest BCUT2D eigenvalue weighted by Crippen LogP contribution is 2.25. The van der Waals surface area contributed by atoms with Crippen molar-refractivity contribution in [1.82, 2.24) is 0 Å². The molecule has 0 radical (unpaired) electrons. The van der Waals surface area contributed by atoms with Crippen LogP contribution in [0.15, 0.2) is 83.8 Å². The van der Waals surface area contributed by atoms with Gasteiger partial charge in [0.05, 0.1) is 9.95 Å². The van der Waals surface area contributed by atoms with Gasteiger partial charge in [-0.2, -0.15) is 8.42 Å². The predicted molar refractivity (Wildman–Crippen MR) is 127 cm³/mol. The van der Waals surface area contributed by atoms with Gasteiger partial charge in [-0.15, -0.1) is 0 Å². The first-order valence-electron chi connectivity index (χ1n) is 9.60. The van der Waals surface area contributed by atoms with Gasteiger partial charge in [0, 0.05) is 17.7 Å². The maximum atomic E-state index is 12.6. The lowest BCUT2D eigenvalue weighted by Crippen LogP contribution is -2.10. The van der Waals surface area contributed by atoms with Crippen LogP contribution in [0.3, 0.4) is 0 Å². The van der Waals surface area contributed by atoms with Gasteiger partial charge in [0.15, 0.2) is 5.78 Å². The summed E-state index contributed by atoms with van der Waals surface area (Å²) in [6.07, 6.45) is 5.36. The number of para-hydroxylation sites is 1. The number of carbonyl (C=O) groups excluding carboxylic acids is 1. The van der Waals surface area contributed by atoms with Gasteiger partial charge >= 0.3 is 10.1 Å². The number of hydrogen-bond acceptors (Lipinski definition) is 6. The Labute approximate surface area is 195 Å². The Hall–Kier alpha value is -3.75. The van der Waals surface area contributed by atoms with Crippen LogP contribution in [0.25, 0.3) is 12.2 Å². The number of non-ortho nitro benzene ring substituents is 1. The molecule has 0 aliphatic heterocycles. The van der Waals surface area contributed by atoms with Crippen molar-refractivity contribution in [3.05, 3.63) is 111 Å². The van der Waals surface area contributed by atoms with Crippen LogP contribution >= 0.6 is 11.6 Å². The lowest BCUT2D eigenvalue weighted by atomic mass is 10.1. The van der Waals surface area contributed by atoms with E-state index in [0.717, 1.165) is 5.56 Å². The molecule has 0 bridgehead atoms. The van der Waals surface area contributed by atoms with Gasteiger partial charge in [0.2, 0.25) is 0 Å². The molecule has 0 saturated carbocycles. The second-order valence-electron chi connectivity index (χ2n) is 6.92. The van der Waals surface area contributed by atoms with E-state index in [1.165, 1.54) is 60.7 Å². The highest BCUT2D eigenvalue weighted by atomic mass is 35.5. The zero-order chi connectivity index (χ0) is 24.0. The van der Waals surface area contributed by atoms with Crippen LogP contribution in [0.2, 0.25) is 5.02 Å². The van der Waals surface area contributed by atoms with Gasteiger partial charge in [-0.3, -0.25) is 14.9 Å². The summed E-state index contributed by atoms with van der Waals surface area (Å²) in [6, 6.07) is 16.6. The molecule has 3 aromatic carbocycles. The largest absolute Gasteiger partial charge is 0.378 e. The maximum Gasteiger partial charge on any atom is 0.339 e. The Kier molecular flexibility index (Phi) is 7.42. The number of nitro groups is 1. The highest BCUT2D eigenvalue weighted by molar-refractivity contribution is 7.87. The molecule has 0 N–H and O–H groups in total. The van der Waals surface area contributed by atoms with Gasteiger partial charge in [-0.1, -0.05) is 47.5 Å². The van der Waals surface area contributed by atoms with Crippen molar-refractivity contribution in [2.75, 3.05) is 0 Å². The van der Waals surface area contributed by atoms with Gasteiger partial charge in [0.1, 0.15) is 10.6 Å². The molecule has 0 aromatic heterocycles. The molecule has 0 saturated heterocycles. The number of ketones is 1. The van der Waals surface area contributed by atoms with E-state index in [-0.39, 0.29) is 21.4 Å². The number of hydrogen-bond donors (Lipinski definition) is 0. The van der Waals surface area contributed by atoms with Crippen molar-refractivity contribution in [2.45, 2.75) is 11.8 Å². The van der Waals surface area contributed by atoms with Crippen LogP contribution in [-0.2, 0) is 14.9 Å². The molecule has 0 aliphatic rings. The second kappa shape index (κ2) is 10.2. The molecule has 0 atom stereocenters. The molecule has 0 aliphatic carbocycles. The second-order valence-corrected chi connectivity index (χ2v) is 8.87. The lowest BCUT2D eigenvalue weighted by molar-refractivity contribution is -0.384. The van der Waals surface area contributed by atoms with Crippen molar-refractivity contribution < 1.29 is 22.3 Å². The monoisotopic (exact) mass is 483 g/mol. The number of rotatable bonds is 8. The summed E-state index contributed by atoms with van der Waals surface area (Å²) in [4.78, 5) is 22.5. The minimum Gasteiger partial charge on any atom is -0.378 e. The lowest BCUT2D eigenvalue weighted by Gasteiger charge is -2.09. The van der Waals surface area contributed by atoms with E-state index < -0.39 is 20.8 Å². The van der Waals surface area contributed by atoms with Crippen LogP contribution in [0.5, 0.6) is 5.75 Å². The van der Waals surface area contributed by atoms with E-state index in [1.54, 1.807) is 30.3 Å². The molecule has 0 unspecified atom stereocenters. The number of allylic oxidation sites excluding steroid dienone is 2. The first-order chi connectivity index (χ1) is 15.7. The SMILES string of the molecule is Cc1ccc(S(=O)(=O)Oc2ccccc2/C=C/C(=O)/C=C/c2ccc([N+](=O)[O-])cc2Cl)cc1. The van der Waals surface area contributed by atoms with Crippen molar-refractivity contribution in [1.29, 1.82) is 0 Å². The minimum absolute atomic E-state index is 0.0193. The van der Waals surface area contributed by atoms with Crippen LogP contribution in [0.4, 0.5) is 5.69 Å². The summed E-state index contributed by atoms with van der Waals surface area (Å²) < 4.78 is 30.4. The zero-order valence-corrected chi connectivity index (χ0v) is 18.9. The molecule has 168 valence electrons. The minimum atomic E-state index is -4.05. The summed E-state index contributed by atoms with van der Waals surface area (Å²) in [5.74, 6) is -0.329. The van der Waals surface area contributed by atoms with Crippen molar-refractivity contribution in [3.63, 3.8) is 0 Å². The third kappa shape index (κ3) is 6.38. The van der Waals surface area contributed by atoms with Crippen molar-refractivity contribution in [2.24, 2.45) is 0 Å². The Bertz CT molecular complexity index is 1360. The summed E-state index contributed by atoms with van der Waals surface area (Å²) in [5, 5.41) is 10.9. The maximum absolute atomic E-state index is 12.6. The van der Waals surface area contributed by atoms with Crippen LogP contribution < -0.4 is 4.18 Å². The average molecular weight is 484 g/mol. The van der Waals surface area contributed by atoms with Gasteiger partial charge < -0.3 is 4.18 Å². The number of halogens is 1. The smallest absolute Gasteiger partial charge is 0.339 e. The Morgan fingerprint density at radius 2 is 1.61 bits per heavy atom. The Morgan fingerprint density at radius 1 is 0.970 bits per heavy atom. The summed E-state index contributed by atoms with van der Waals surface area (Å²) in [6.45, 7) is 1.85. The van der Waals surface area contributed by atoms with Crippen molar-refractivity contribution >= 4 is 45.3 Å². The molecule has 0 spiro atoms. The third-order valence-electron chi connectivity index (χ3n) is 4.48. The number of aryl methyl sites for hydroxylation is 1. The zero-order valence-electron chi connectivity index (χ0n) is 17.3. The van der Waals surface area contributed by atoms with E-state index >= 15 is 0 Å². The first-order valence-corrected chi connectivity index (χ1v) is 11.4. The topological polar surface area (TPSA) is 104 Å². The first kappa shape index (κ1) is 23.9. The van der Waals surface area contributed by atoms with E-state index in [1.807, 2.05) is 6.92 Å². The van der Waals surface area contributed by atoms with E-state index in [4.69, 9.17) is 15.8 Å². The average Bonchev–Trinajstić information content (AvgIpc) is 2.77. The highest BCUT2D eigenvalue weighted by Gasteiger charge is 2.17. The van der Waals surface area contributed by atoms with Crippen LogP contribution in [-0.4, -0.2) is 19.1 Å². The molecular formula is C24H18ClNO6S. The third-order valence-corrected chi connectivity index (χ3v) is 6.05. The molecule has 33 heavy (non-hydrogen) atoms. The Morgan fingerprint density at radius 3 is 2.24 bits per heavy atom. The summed E-state index contributed by atoms with van der Waals surface area (Å²) in [5.41, 5.74) is 1.60. The fraction of sp³-hybridized carbons (Fsp3) is 0.0417. The fourth-order valence-electron chi connectivity index (χ4n) is 2.73. The molecule has 9 heteroatoms. The van der Waals surface area contributed by atoms with E-state index in [2.05, 4.69) is 0 Å². The predicted octanol–water partition coefficient (Wildman–Crippen LogP) is 5.62. The van der Waals surface area contributed by atoms with Crippen LogP contribution in [0.1, 0.15) is 16.7 Å². The summed E-state index contributed by atoms with van der Waals surface area (Å²) >= 11 is 6.01. The van der Waals surface area contributed by atoms with Gasteiger partial charge in [-0.25, -0.2) is 0 Å². The normalized spacial score (nSPS) is 11.7. The molecular weight excluding hydrogens is 466 g/mol. The standard InChI is InChI=1S/C24H18ClNO6S/c1-17-6-14-22(15-7-17)33(30,31)32-24-5-3-2-4-19(24)10-13-21(27)12-9-18-8-11-20(26(28)29)16-23(18)25/h2-16H,1H3/b12-9+,13-10+. The Balaban J connectivity index is 1.75.